The van der Waals surface area contributed by atoms with Crippen molar-refractivity contribution in [2.45, 2.75) is 35.8 Å². The summed E-state index contributed by atoms with van der Waals surface area (Å²) in [5, 5.41) is 8.86. The van der Waals surface area contributed by atoms with Crippen LogP contribution in [0.25, 0.3) is 10.2 Å². The first kappa shape index (κ1) is 18.8. The quantitative estimate of drug-likeness (QED) is 0.426. The second-order valence-electron chi connectivity index (χ2n) is 7.88. The first-order valence-electron chi connectivity index (χ1n) is 9.84. The normalized spacial score (nSPS) is 28.5. The summed E-state index contributed by atoms with van der Waals surface area (Å²) in [6.45, 7) is 1.96. The first-order chi connectivity index (χ1) is 14.0. The number of anilines is 1. The zero-order valence-electron chi connectivity index (χ0n) is 15.8. The molecule has 2 bridgehead atoms. The lowest BCUT2D eigenvalue weighted by Gasteiger charge is -2.17. The number of benzene rings is 1. The van der Waals surface area contributed by atoms with Gasteiger partial charge in [-0.1, -0.05) is 37.3 Å². The molecule has 5 rings (SSSR count). The maximum absolute atomic E-state index is 13.0. The van der Waals surface area contributed by atoms with Crippen LogP contribution < -0.4 is 4.90 Å². The molecule has 1 saturated carbocycles. The number of carboxylic acid groups (broad SMARTS) is 1. The lowest BCUT2D eigenvalue weighted by Crippen LogP contribution is -2.32. The van der Waals surface area contributed by atoms with E-state index in [9.17, 15) is 19.5 Å². The molecule has 5 atom stereocenters. The number of imide groups is 1. The number of carboxylic acids is 1. The summed E-state index contributed by atoms with van der Waals surface area (Å²) in [5.74, 6) is -1.08. The van der Waals surface area contributed by atoms with Gasteiger partial charge in [-0.3, -0.25) is 14.4 Å². The number of amides is 2. The first-order valence-corrected chi connectivity index (χ1v) is 11.5. The van der Waals surface area contributed by atoms with E-state index in [4.69, 9.17) is 0 Å². The van der Waals surface area contributed by atoms with Crippen molar-refractivity contribution < 1.29 is 19.5 Å². The van der Waals surface area contributed by atoms with Crippen LogP contribution in [0.5, 0.6) is 0 Å². The summed E-state index contributed by atoms with van der Waals surface area (Å²) in [6.07, 6.45) is 6.46. The molecule has 2 fully saturated rings. The van der Waals surface area contributed by atoms with Crippen LogP contribution in [0, 0.1) is 23.7 Å². The van der Waals surface area contributed by atoms with Gasteiger partial charge in [-0.05, 0) is 42.9 Å². The van der Waals surface area contributed by atoms with Gasteiger partial charge in [0.25, 0.3) is 0 Å². The fourth-order valence-corrected chi connectivity index (χ4v) is 7.24. The lowest BCUT2D eigenvalue weighted by molar-refractivity contribution is -0.136. The molecule has 6 nitrogen and oxygen atoms in total. The molecule has 1 N–H and O–H groups in total. The third-order valence-corrected chi connectivity index (χ3v) is 8.52. The van der Waals surface area contributed by atoms with Gasteiger partial charge in [-0.15, -0.1) is 11.3 Å². The molecule has 8 heteroatoms. The monoisotopic (exact) mass is 428 g/mol. The van der Waals surface area contributed by atoms with Crippen molar-refractivity contribution in [3.8, 4) is 0 Å². The van der Waals surface area contributed by atoms with Crippen molar-refractivity contribution in [2.75, 3.05) is 4.90 Å². The van der Waals surface area contributed by atoms with Crippen LogP contribution in [0.1, 0.15) is 26.2 Å². The van der Waals surface area contributed by atoms with Crippen LogP contribution in [0.4, 0.5) is 5.69 Å². The summed E-state index contributed by atoms with van der Waals surface area (Å²) in [4.78, 5) is 43.3. The number of fused-ring (bicyclic) bond motifs is 6. The summed E-state index contributed by atoms with van der Waals surface area (Å²) < 4.78 is 1.54. The number of hydrogen-bond acceptors (Lipinski definition) is 6. The number of hydrogen-bond donors (Lipinski definition) is 1. The molecule has 2 amide bonds. The highest BCUT2D eigenvalue weighted by molar-refractivity contribution is 8.02. The van der Waals surface area contributed by atoms with E-state index in [1.807, 2.05) is 19.1 Å². The fourth-order valence-electron chi connectivity index (χ4n) is 4.86. The Kier molecular flexibility index (Phi) is 4.51. The molecule has 1 saturated heterocycles. The van der Waals surface area contributed by atoms with Gasteiger partial charge in [0.15, 0.2) is 4.34 Å². The van der Waals surface area contributed by atoms with Gasteiger partial charge in [0.2, 0.25) is 11.8 Å². The Labute approximate surface area is 176 Å². The number of allylic oxidation sites excluding steroid dienone is 2. The van der Waals surface area contributed by atoms with Crippen molar-refractivity contribution in [3.63, 3.8) is 0 Å². The average Bonchev–Trinajstić information content (AvgIpc) is 3.44. The minimum absolute atomic E-state index is 0.0933. The Morgan fingerprint density at radius 1 is 1.28 bits per heavy atom. The van der Waals surface area contributed by atoms with Crippen LogP contribution in [0.2, 0.25) is 0 Å². The minimum atomic E-state index is -0.833. The summed E-state index contributed by atoms with van der Waals surface area (Å²) in [5.41, 5.74) is 1.34. The molecule has 29 heavy (non-hydrogen) atoms. The topological polar surface area (TPSA) is 87.6 Å². The molecule has 5 unspecified atom stereocenters. The SMILES string of the molecule is CCCC(Sc1nc2ccc(N3C(=O)C4C5C=CC(C5)C4C3=O)cc2s1)C(=O)O. The number of thioether (sulfide) groups is 1. The van der Waals surface area contributed by atoms with Crippen LogP contribution in [-0.4, -0.2) is 33.1 Å². The Hall–Kier alpha value is -2.19. The molecule has 2 heterocycles. The zero-order valence-corrected chi connectivity index (χ0v) is 17.4. The number of aliphatic carboxylic acids is 1. The zero-order chi connectivity index (χ0) is 20.3. The van der Waals surface area contributed by atoms with Crippen molar-refractivity contribution >= 4 is 56.8 Å². The molecule has 1 aromatic heterocycles. The molecular weight excluding hydrogens is 408 g/mol. The van der Waals surface area contributed by atoms with Gasteiger partial charge in [0.1, 0.15) is 5.25 Å². The van der Waals surface area contributed by atoms with E-state index in [0.717, 1.165) is 23.1 Å². The van der Waals surface area contributed by atoms with Gasteiger partial charge in [-0.2, -0.15) is 0 Å². The third kappa shape index (κ3) is 2.92. The second kappa shape index (κ2) is 6.95. The molecular formula is C21H20N2O4S2. The van der Waals surface area contributed by atoms with Crippen molar-refractivity contribution in [2.24, 2.45) is 23.7 Å². The van der Waals surface area contributed by atoms with Gasteiger partial charge >= 0.3 is 5.97 Å². The molecule has 2 aromatic rings. The minimum Gasteiger partial charge on any atom is -0.480 e. The van der Waals surface area contributed by atoms with Crippen molar-refractivity contribution in [3.05, 3.63) is 30.4 Å². The maximum atomic E-state index is 13.0. The Morgan fingerprint density at radius 3 is 2.59 bits per heavy atom. The van der Waals surface area contributed by atoms with Gasteiger partial charge in [0, 0.05) is 0 Å². The number of carbonyl (C=O) groups excluding carboxylic acids is 2. The van der Waals surface area contributed by atoms with Gasteiger partial charge in [0.05, 0.1) is 27.7 Å². The van der Waals surface area contributed by atoms with Crippen molar-refractivity contribution in [1.29, 1.82) is 0 Å². The number of carbonyl (C=O) groups is 3. The lowest BCUT2D eigenvalue weighted by atomic mass is 9.85. The molecule has 2 aliphatic carbocycles. The number of aromatic nitrogens is 1. The van der Waals surface area contributed by atoms with E-state index in [1.165, 1.54) is 28.0 Å². The molecule has 1 aliphatic heterocycles. The van der Waals surface area contributed by atoms with E-state index < -0.39 is 11.2 Å². The largest absolute Gasteiger partial charge is 0.480 e. The van der Waals surface area contributed by atoms with E-state index in [1.54, 1.807) is 6.07 Å². The molecule has 150 valence electrons. The maximum Gasteiger partial charge on any atom is 0.317 e. The standard InChI is InChI=1S/C21H20N2O4S2/c1-2-3-14(20(26)27)28-21-22-13-7-6-12(9-15(13)29-21)23-18(24)16-10-4-5-11(8-10)17(16)19(23)25/h4-7,9-11,14,16-17H,2-3,8H2,1H3,(H,26,27). The highest BCUT2D eigenvalue weighted by Gasteiger charge is 2.59. The fraction of sp³-hybridized carbons (Fsp3) is 0.429. The molecule has 0 radical (unpaired) electrons. The number of thiazole rings is 1. The van der Waals surface area contributed by atoms with Crippen LogP contribution in [0.3, 0.4) is 0 Å². The van der Waals surface area contributed by atoms with E-state index >= 15 is 0 Å². The Morgan fingerprint density at radius 2 is 1.97 bits per heavy atom. The molecule has 0 spiro atoms. The summed E-state index contributed by atoms with van der Waals surface area (Å²) in [6, 6.07) is 5.41. The Balaban J connectivity index is 1.43. The highest BCUT2D eigenvalue weighted by atomic mass is 32.2. The van der Waals surface area contributed by atoms with E-state index in [-0.39, 0.29) is 35.5 Å². The van der Waals surface area contributed by atoms with Crippen LogP contribution in [-0.2, 0) is 14.4 Å². The molecule has 1 aromatic carbocycles. The highest BCUT2D eigenvalue weighted by Crippen LogP contribution is 2.53. The Bertz CT molecular complexity index is 1030. The van der Waals surface area contributed by atoms with Gasteiger partial charge < -0.3 is 5.11 Å². The van der Waals surface area contributed by atoms with E-state index in [2.05, 4.69) is 17.1 Å². The summed E-state index contributed by atoms with van der Waals surface area (Å²) in [7, 11) is 0. The number of nitrogens with zero attached hydrogens (tertiary/aromatic N) is 2. The van der Waals surface area contributed by atoms with Crippen LogP contribution in [0.15, 0.2) is 34.7 Å². The predicted molar refractivity (Wildman–Crippen MR) is 112 cm³/mol. The average molecular weight is 429 g/mol. The van der Waals surface area contributed by atoms with Crippen molar-refractivity contribution in [1.82, 2.24) is 4.98 Å². The molecule has 3 aliphatic rings. The third-order valence-electron chi connectivity index (χ3n) is 6.15. The second-order valence-corrected chi connectivity index (χ2v) is 10.4. The van der Waals surface area contributed by atoms with E-state index in [0.29, 0.717) is 16.4 Å². The predicted octanol–water partition coefficient (Wildman–Crippen LogP) is 3.95. The van der Waals surface area contributed by atoms with Crippen LogP contribution >= 0.6 is 23.1 Å². The number of rotatable bonds is 6. The summed E-state index contributed by atoms with van der Waals surface area (Å²) >= 11 is 2.67. The van der Waals surface area contributed by atoms with Gasteiger partial charge in [-0.25, -0.2) is 9.88 Å². The smallest absolute Gasteiger partial charge is 0.317 e.